The molecule has 0 aromatic heterocycles. The molecule has 0 bridgehead atoms. The Morgan fingerprint density at radius 2 is 2.30 bits per heavy atom. The molecule has 1 fully saturated rings. The molecule has 0 aliphatic heterocycles. The highest BCUT2D eigenvalue weighted by Gasteiger charge is 2.37. The molecule has 0 unspecified atom stereocenters. The lowest BCUT2D eigenvalue weighted by atomic mass is 9.69. The number of rotatable bonds is 6. The summed E-state index contributed by atoms with van der Waals surface area (Å²) >= 11 is 0. The van der Waals surface area contributed by atoms with Gasteiger partial charge in [-0.2, -0.15) is 5.26 Å². The molecule has 1 saturated carbocycles. The van der Waals surface area contributed by atoms with Crippen LogP contribution < -0.4 is 5.32 Å². The third-order valence-corrected chi connectivity index (χ3v) is 3.90. The number of nitriles is 1. The second-order valence-electron chi connectivity index (χ2n) is 5.37. The maximum atomic E-state index is 12.1. The Hall–Kier alpha value is -1.86. The minimum atomic E-state index is -0.120. The highest BCUT2D eigenvalue weighted by Crippen LogP contribution is 2.40. The number of benzene rings is 1. The van der Waals surface area contributed by atoms with Gasteiger partial charge >= 0.3 is 0 Å². The molecule has 1 N–H and O–H groups in total. The van der Waals surface area contributed by atoms with Gasteiger partial charge < -0.3 is 10.1 Å². The van der Waals surface area contributed by atoms with Crippen molar-refractivity contribution in [3.63, 3.8) is 0 Å². The fourth-order valence-electron chi connectivity index (χ4n) is 2.47. The smallest absolute Gasteiger partial charge is 0.251 e. The Bertz CT molecular complexity index is 515. The van der Waals surface area contributed by atoms with Gasteiger partial charge in [-0.05, 0) is 38.0 Å². The molecule has 0 saturated heterocycles. The van der Waals surface area contributed by atoms with Crippen LogP contribution in [0.5, 0.6) is 0 Å². The molecule has 1 aromatic carbocycles. The first kappa shape index (κ1) is 14.5. The van der Waals surface area contributed by atoms with E-state index in [0.29, 0.717) is 30.9 Å². The summed E-state index contributed by atoms with van der Waals surface area (Å²) in [5, 5.41) is 11.8. The number of ether oxygens (including phenoxy) is 1. The van der Waals surface area contributed by atoms with Gasteiger partial charge in [0, 0.05) is 24.1 Å². The number of hydrogen-bond acceptors (Lipinski definition) is 3. The van der Waals surface area contributed by atoms with Crippen LogP contribution in [0.15, 0.2) is 24.3 Å². The average molecular weight is 272 g/mol. The number of hydrogen-bond donors (Lipinski definition) is 1. The van der Waals surface area contributed by atoms with E-state index >= 15 is 0 Å². The fourth-order valence-corrected chi connectivity index (χ4v) is 2.47. The molecule has 1 aromatic rings. The second kappa shape index (κ2) is 6.53. The van der Waals surface area contributed by atoms with Crippen molar-refractivity contribution in [2.45, 2.75) is 26.2 Å². The lowest BCUT2D eigenvalue weighted by Gasteiger charge is -2.41. The van der Waals surface area contributed by atoms with Crippen molar-refractivity contribution < 1.29 is 9.53 Å². The van der Waals surface area contributed by atoms with Gasteiger partial charge in [0.1, 0.15) is 0 Å². The number of carbonyl (C=O) groups is 1. The minimum Gasteiger partial charge on any atom is -0.381 e. The standard InChI is InChI=1S/C16H20N2O2/c1-2-20-12-16(7-4-8-16)11-18-15(19)14-6-3-5-13(9-14)10-17/h3,5-6,9H,2,4,7-8,11-12H2,1H3,(H,18,19). The van der Waals surface area contributed by atoms with Gasteiger partial charge in [-0.25, -0.2) is 0 Å². The summed E-state index contributed by atoms with van der Waals surface area (Å²) in [5.74, 6) is -0.120. The molecule has 20 heavy (non-hydrogen) atoms. The summed E-state index contributed by atoms with van der Waals surface area (Å²) < 4.78 is 5.52. The van der Waals surface area contributed by atoms with Crippen LogP contribution in [0.3, 0.4) is 0 Å². The zero-order valence-corrected chi connectivity index (χ0v) is 11.8. The van der Waals surface area contributed by atoms with Gasteiger partial charge in [0.25, 0.3) is 5.91 Å². The van der Waals surface area contributed by atoms with Gasteiger partial charge in [0.05, 0.1) is 18.2 Å². The van der Waals surface area contributed by atoms with Crippen molar-refractivity contribution in [2.24, 2.45) is 5.41 Å². The molecule has 1 aliphatic rings. The van der Waals surface area contributed by atoms with Crippen LogP contribution >= 0.6 is 0 Å². The van der Waals surface area contributed by atoms with Crippen LogP contribution in [0, 0.1) is 16.7 Å². The van der Waals surface area contributed by atoms with E-state index in [1.807, 2.05) is 13.0 Å². The quantitative estimate of drug-likeness (QED) is 0.865. The summed E-state index contributed by atoms with van der Waals surface area (Å²) in [5.41, 5.74) is 1.15. The van der Waals surface area contributed by atoms with Gasteiger partial charge in [0.15, 0.2) is 0 Å². The van der Waals surface area contributed by atoms with E-state index in [2.05, 4.69) is 5.32 Å². The third-order valence-electron chi connectivity index (χ3n) is 3.90. The van der Waals surface area contributed by atoms with Crippen molar-refractivity contribution in [1.82, 2.24) is 5.32 Å². The Balaban J connectivity index is 1.92. The topological polar surface area (TPSA) is 62.1 Å². The number of nitrogens with one attached hydrogen (secondary N) is 1. The maximum absolute atomic E-state index is 12.1. The summed E-state index contributed by atoms with van der Waals surface area (Å²) in [4.78, 5) is 12.1. The first-order valence-electron chi connectivity index (χ1n) is 7.05. The summed E-state index contributed by atoms with van der Waals surface area (Å²) in [7, 11) is 0. The van der Waals surface area contributed by atoms with Gasteiger partial charge in [-0.15, -0.1) is 0 Å². The van der Waals surface area contributed by atoms with Crippen LogP contribution in [0.4, 0.5) is 0 Å². The molecular weight excluding hydrogens is 252 g/mol. The molecule has 0 spiro atoms. The number of nitrogens with zero attached hydrogens (tertiary/aromatic N) is 1. The largest absolute Gasteiger partial charge is 0.381 e. The first-order chi connectivity index (χ1) is 9.69. The average Bonchev–Trinajstić information content (AvgIpc) is 2.45. The Labute approximate surface area is 119 Å². The van der Waals surface area contributed by atoms with Gasteiger partial charge in [0.2, 0.25) is 0 Å². The second-order valence-corrected chi connectivity index (χ2v) is 5.37. The Morgan fingerprint density at radius 1 is 1.50 bits per heavy atom. The molecule has 106 valence electrons. The van der Waals surface area contributed by atoms with Crippen molar-refractivity contribution in [1.29, 1.82) is 5.26 Å². The van der Waals surface area contributed by atoms with E-state index in [9.17, 15) is 4.79 Å². The molecule has 4 heteroatoms. The Kier molecular flexibility index (Phi) is 4.75. The van der Waals surface area contributed by atoms with Crippen molar-refractivity contribution in [3.8, 4) is 6.07 Å². The third kappa shape index (κ3) is 3.37. The fraction of sp³-hybridized carbons (Fsp3) is 0.500. The van der Waals surface area contributed by atoms with Crippen LogP contribution in [0.2, 0.25) is 0 Å². The molecule has 4 nitrogen and oxygen atoms in total. The van der Waals surface area contributed by atoms with E-state index in [1.54, 1.807) is 24.3 Å². The summed E-state index contributed by atoms with van der Waals surface area (Å²) in [6.07, 6.45) is 3.41. The highest BCUT2D eigenvalue weighted by atomic mass is 16.5. The Morgan fingerprint density at radius 3 is 2.90 bits per heavy atom. The molecule has 1 aliphatic carbocycles. The van der Waals surface area contributed by atoms with Crippen LogP contribution in [-0.2, 0) is 4.74 Å². The zero-order chi connectivity index (χ0) is 14.4. The van der Waals surface area contributed by atoms with Crippen LogP contribution in [0.25, 0.3) is 0 Å². The summed E-state index contributed by atoms with van der Waals surface area (Å²) in [6, 6.07) is 8.81. The molecular formula is C16H20N2O2. The highest BCUT2D eigenvalue weighted by molar-refractivity contribution is 5.94. The van der Waals surface area contributed by atoms with Crippen molar-refractivity contribution >= 4 is 5.91 Å². The lowest BCUT2D eigenvalue weighted by Crippen LogP contribution is -2.45. The van der Waals surface area contributed by atoms with Gasteiger partial charge in [-0.1, -0.05) is 12.5 Å². The molecule has 1 amide bonds. The minimum absolute atomic E-state index is 0.110. The van der Waals surface area contributed by atoms with Crippen molar-refractivity contribution in [2.75, 3.05) is 19.8 Å². The van der Waals surface area contributed by atoms with Crippen molar-refractivity contribution in [3.05, 3.63) is 35.4 Å². The lowest BCUT2D eigenvalue weighted by molar-refractivity contribution is -0.000182. The van der Waals surface area contributed by atoms with Crippen LogP contribution in [0.1, 0.15) is 42.1 Å². The molecule has 2 rings (SSSR count). The maximum Gasteiger partial charge on any atom is 0.251 e. The van der Waals surface area contributed by atoms with E-state index in [0.717, 1.165) is 12.8 Å². The summed E-state index contributed by atoms with van der Waals surface area (Å²) in [6.45, 7) is 4.04. The predicted molar refractivity (Wildman–Crippen MR) is 76.3 cm³/mol. The van der Waals surface area contributed by atoms with E-state index in [4.69, 9.17) is 10.00 Å². The predicted octanol–water partition coefficient (Wildman–Crippen LogP) is 2.49. The van der Waals surface area contributed by atoms with Gasteiger partial charge in [-0.3, -0.25) is 4.79 Å². The van der Waals surface area contributed by atoms with Crippen LogP contribution in [-0.4, -0.2) is 25.7 Å². The number of carbonyl (C=O) groups excluding carboxylic acids is 1. The van der Waals surface area contributed by atoms with E-state index < -0.39 is 0 Å². The number of amides is 1. The first-order valence-corrected chi connectivity index (χ1v) is 7.05. The van der Waals surface area contributed by atoms with E-state index in [-0.39, 0.29) is 11.3 Å². The molecule has 0 radical (unpaired) electrons. The van der Waals surface area contributed by atoms with E-state index in [1.165, 1.54) is 6.42 Å². The molecule has 0 heterocycles. The SMILES string of the molecule is CCOCC1(CNC(=O)c2cccc(C#N)c2)CCC1. The normalized spacial score (nSPS) is 16.0. The monoisotopic (exact) mass is 272 g/mol. The molecule has 0 atom stereocenters. The zero-order valence-electron chi connectivity index (χ0n) is 11.8.